The second kappa shape index (κ2) is 66.6. The van der Waals surface area contributed by atoms with E-state index in [1.807, 2.05) is 0 Å². The van der Waals surface area contributed by atoms with E-state index in [9.17, 15) is 43.2 Å². The number of carbonyl (C=O) groups excluding carboxylic acids is 4. The van der Waals surface area contributed by atoms with Gasteiger partial charge in [0, 0.05) is 25.7 Å². The number of unbranched alkanes of at least 4 members (excludes halogenated alkanes) is 41. The van der Waals surface area contributed by atoms with E-state index in [4.69, 9.17) is 37.0 Å². The highest BCUT2D eigenvalue weighted by atomic mass is 31.2. The van der Waals surface area contributed by atoms with Crippen molar-refractivity contribution >= 4 is 39.5 Å². The molecule has 564 valence electrons. The molecule has 17 nitrogen and oxygen atoms in total. The first-order valence-corrected chi connectivity index (χ1v) is 42.4. The van der Waals surface area contributed by atoms with E-state index < -0.39 is 97.5 Å². The molecule has 0 aromatic heterocycles. The molecule has 0 fully saturated rings. The topological polar surface area (TPSA) is 237 Å². The van der Waals surface area contributed by atoms with Gasteiger partial charge >= 0.3 is 39.5 Å². The largest absolute Gasteiger partial charge is 0.472 e. The van der Waals surface area contributed by atoms with Crippen molar-refractivity contribution in [3.05, 3.63) is 0 Å². The molecule has 3 unspecified atom stereocenters. The molecular formula is C76H148O17P2. The lowest BCUT2D eigenvalue weighted by Crippen LogP contribution is -2.30. The predicted octanol–water partition coefficient (Wildman–Crippen LogP) is 22.2. The number of hydrogen-bond acceptors (Lipinski definition) is 15. The predicted molar refractivity (Wildman–Crippen MR) is 386 cm³/mol. The van der Waals surface area contributed by atoms with Crippen LogP contribution in [0.25, 0.3) is 0 Å². The summed E-state index contributed by atoms with van der Waals surface area (Å²) in [5.74, 6) is 0.283. The van der Waals surface area contributed by atoms with Gasteiger partial charge in [-0.15, -0.1) is 0 Å². The highest BCUT2D eigenvalue weighted by molar-refractivity contribution is 7.47. The third-order valence-corrected chi connectivity index (χ3v) is 19.9. The van der Waals surface area contributed by atoms with E-state index in [0.717, 1.165) is 114 Å². The van der Waals surface area contributed by atoms with Gasteiger partial charge in [0.05, 0.1) is 26.4 Å². The standard InChI is InChI=1S/C76H148O17P2/c1-8-10-11-40-50-57-73(78)86-63-71(92-75(80)60-53-46-39-33-27-26-29-35-42-48-55-68(5)6)65-90-94(82,83)88-61-70(77)62-89-95(84,85)91-66-72(64-87-74(79)58-51-44-37-31-24-20-17-16-19-23-30-36-43-49-56-69(7)9-2)93-76(81)59-52-45-38-32-25-21-15-13-12-14-18-22-28-34-41-47-54-67(3)4/h67-72,77H,8-66H2,1-7H3,(H,82,83)(H,84,85)/t69?,70-,71+,72+/m0/s1. The Hall–Kier alpha value is -1.94. The highest BCUT2D eigenvalue weighted by Crippen LogP contribution is 2.45. The molecule has 0 aliphatic carbocycles. The minimum absolute atomic E-state index is 0.105. The van der Waals surface area contributed by atoms with Crippen LogP contribution in [-0.2, 0) is 65.4 Å². The van der Waals surface area contributed by atoms with Crippen LogP contribution in [0.5, 0.6) is 0 Å². The van der Waals surface area contributed by atoms with Crippen LogP contribution in [0.3, 0.4) is 0 Å². The first-order chi connectivity index (χ1) is 45.8. The van der Waals surface area contributed by atoms with Gasteiger partial charge in [0.15, 0.2) is 12.2 Å². The van der Waals surface area contributed by atoms with Crippen LogP contribution < -0.4 is 0 Å². The van der Waals surface area contributed by atoms with Gasteiger partial charge in [-0.05, 0) is 43.4 Å². The molecule has 6 atom stereocenters. The summed E-state index contributed by atoms with van der Waals surface area (Å²) in [6.45, 7) is 11.9. The Morgan fingerprint density at radius 2 is 0.537 bits per heavy atom. The highest BCUT2D eigenvalue weighted by Gasteiger charge is 2.30. The Kier molecular flexibility index (Phi) is 65.2. The van der Waals surface area contributed by atoms with Gasteiger partial charge in [0.2, 0.25) is 0 Å². The lowest BCUT2D eigenvalue weighted by molar-refractivity contribution is -0.161. The quantitative estimate of drug-likeness (QED) is 0.0222. The SMILES string of the molecule is CCCCCCCC(=O)OC[C@H](COP(=O)(O)OC[C@H](O)COP(=O)(O)OC[C@@H](COC(=O)CCCCCCCCCCCCCCCCC(C)CC)OC(=O)CCCCCCCCCCCCCCCCCCC(C)C)OC(=O)CCCCCCCCCCCCC(C)C. The molecule has 0 radical (unpaired) electrons. The molecule has 0 aliphatic heterocycles. The van der Waals surface area contributed by atoms with Crippen molar-refractivity contribution in [3.8, 4) is 0 Å². The fourth-order valence-electron chi connectivity index (χ4n) is 11.6. The zero-order valence-corrected chi connectivity index (χ0v) is 63.9. The first-order valence-electron chi connectivity index (χ1n) is 39.4. The molecule has 0 saturated carbocycles. The fraction of sp³-hybridized carbons (Fsp3) is 0.947. The number of aliphatic hydroxyl groups is 1. The van der Waals surface area contributed by atoms with Crippen molar-refractivity contribution in [2.24, 2.45) is 17.8 Å². The summed E-state index contributed by atoms with van der Waals surface area (Å²) in [6, 6.07) is 0. The van der Waals surface area contributed by atoms with Crippen LogP contribution in [0.4, 0.5) is 0 Å². The Balaban J connectivity index is 5.15. The maximum Gasteiger partial charge on any atom is 0.472 e. The molecule has 0 aromatic carbocycles. The summed E-state index contributed by atoms with van der Waals surface area (Å²) >= 11 is 0. The summed E-state index contributed by atoms with van der Waals surface area (Å²) in [5.41, 5.74) is 0. The van der Waals surface area contributed by atoms with Gasteiger partial charge < -0.3 is 33.8 Å². The third kappa shape index (κ3) is 69.0. The van der Waals surface area contributed by atoms with Crippen molar-refractivity contribution in [3.63, 3.8) is 0 Å². The molecule has 19 heteroatoms. The van der Waals surface area contributed by atoms with Crippen molar-refractivity contribution < 1.29 is 80.2 Å². The van der Waals surface area contributed by atoms with Crippen LogP contribution in [0.1, 0.15) is 389 Å². The van der Waals surface area contributed by atoms with Crippen molar-refractivity contribution in [2.75, 3.05) is 39.6 Å². The molecule has 0 aromatic rings. The van der Waals surface area contributed by atoms with E-state index in [1.54, 1.807) is 0 Å². The van der Waals surface area contributed by atoms with Crippen LogP contribution >= 0.6 is 15.6 Å². The average Bonchev–Trinajstić information content (AvgIpc) is 1.96. The number of aliphatic hydroxyl groups excluding tert-OH is 1. The Morgan fingerprint density at radius 3 is 0.800 bits per heavy atom. The Labute approximate surface area is 581 Å². The number of phosphoric acid groups is 2. The summed E-state index contributed by atoms with van der Waals surface area (Å²) in [4.78, 5) is 72.5. The van der Waals surface area contributed by atoms with E-state index in [1.165, 1.54) is 193 Å². The molecule has 0 amide bonds. The number of rotatable bonds is 74. The summed E-state index contributed by atoms with van der Waals surface area (Å²) in [7, 11) is -9.90. The molecule has 0 spiro atoms. The molecule has 0 bridgehead atoms. The molecular weight excluding hydrogens is 1250 g/mol. The first kappa shape index (κ1) is 93.1. The Bertz CT molecular complexity index is 1850. The van der Waals surface area contributed by atoms with Gasteiger partial charge in [-0.3, -0.25) is 37.3 Å². The average molecular weight is 1400 g/mol. The van der Waals surface area contributed by atoms with Crippen molar-refractivity contribution in [2.45, 2.75) is 407 Å². The number of phosphoric ester groups is 2. The zero-order chi connectivity index (χ0) is 70.1. The fourth-order valence-corrected chi connectivity index (χ4v) is 13.1. The molecule has 3 N–H and O–H groups in total. The number of esters is 4. The van der Waals surface area contributed by atoms with Gasteiger partial charge in [-0.2, -0.15) is 0 Å². The second-order valence-corrected chi connectivity index (χ2v) is 31.5. The zero-order valence-electron chi connectivity index (χ0n) is 62.1. The van der Waals surface area contributed by atoms with Crippen LogP contribution in [0, 0.1) is 17.8 Å². The van der Waals surface area contributed by atoms with E-state index in [-0.39, 0.29) is 25.7 Å². The van der Waals surface area contributed by atoms with Crippen LogP contribution in [0.2, 0.25) is 0 Å². The molecule has 0 aliphatic rings. The van der Waals surface area contributed by atoms with Gasteiger partial charge in [0.1, 0.15) is 19.3 Å². The van der Waals surface area contributed by atoms with Crippen molar-refractivity contribution in [1.29, 1.82) is 0 Å². The number of carbonyl (C=O) groups is 4. The lowest BCUT2D eigenvalue weighted by atomic mass is 9.99. The van der Waals surface area contributed by atoms with E-state index in [0.29, 0.717) is 25.7 Å². The van der Waals surface area contributed by atoms with E-state index in [2.05, 4.69) is 48.5 Å². The van der Waals surface area contributed by atoms with Crippen molar-refractivity contribution in [1.82, 2.24) is 0 Å². The normalized spacial score (nSPS) is 14.4. The minimum atomic E-state index is -4.96. The van der Waals surface area contributed by atoms with Gasteiger partial charge in [0.25, 0.3) is 0 Å². The second-order valence-electron chi connectivity index (χ2n) is 28.6. The summed E-state index contributed by atoms with van der Waals surface area (Å²) in [6.07, 6.45) is 53.1. The van der Waals surface area contributed by atoms with E-state index >= 15 is 0 Å². The third-order valence-electron chi connectivity index (χ3n) is 18.0. The summed E-state index contributed by atoms with van der Waals surface area (Å²) in [5, 5.41) is 10.6. The molecule has 0 saturated heterocycles. The summed E-state index contributed by atoms with van der Waals surface area (Å²) < 4.78 is 68.3. The monoisotopic (exact) mass is 1400 g/mol. The maximum atomic E-state index is 13.1. The molecule has 95 heavy (non-hydrogen) atoms. The lowest BCUT2D eigenvalue weighted by Gasteiger charge is -2.21. The van der Waals surface area contributed by atoms with Crippen LogP contribution in [0.15, 0.2) is 0 Å². The van der Waals surface area contributed by atoms with Crippen LogP contribution in [-0.4, -0.2) is 96.7 Å². The minimum Gasteiger partial charge on any atom is -0.462 e. The number of ether oxygens (including phenoxy) is 4. The Morgan fingerprint density at radius 1 is 0.305 bits per heavy atom. The molecule has 0 heterocycles. The maximum absolute atomic E-state index is 13.1. The van der Waals surface area contributed by atoms with Gasteiger partial charge in [-0.1, -0.05) is 337 Å². The number of hydrogen-bond donors (Lipinski definition) is 3. The van der Waals surface area contributed by atoms with Gasteiger partial charge in [-0.25, -0.2) is 9.13 Å². The smallest absolute Gasteiger partial charge is 0.462 e. The molecule has 0 rings (SSSR count).